The van der Waals surface area contributed by atoms with Crippen LogP contribution in [0.15, 0.2) is 30.5 Å². The summed E-state index contributed by atoms with van der Waals surface area (Å²) in [5, 5.41) is 11.8. The molecular formula is C16H15Cl2N3O. The van der Waals surface area contributed by atoms with Crippen molar-refractivity contribution in [3.8, 4) is 0 Å². The second kappa shape index (κ2) is 6.23. The quantitative estimate of drug-likeness (QED) is 0.928. The summed E-state index contributed by atoms with van der Waals surface area (Å²) in [5.74, 6) is 0.313. The fraction of sp³-hybridized carbons (Fsp3) is 0.312. The molecule has 6 heteroatoms. The number of nitrogens with one attached hydrogen (secondary N) is 1. The fourth-order valence-electron chi connectivity index (χ4n) is 2.64. The van der Waals surface area contributed by atoms with Crippen molar-refractivity contribution in [3.05, 3.63) is 57.3 Å². The van der Waals surface area contributed by atoms with E-state index in [0.717, 1.165) is 18.5 Å². The number of nitrogens with zero attached hydrogens (tertiary/aromatic N) is 2. The molecule has 22 heavy (non-hydrogen) atoms. The SMILES string of the molecule is Cc1cc(C(=O)NC2CC(c3ccc(Cl)c(Cl)c3)C2)cnn1. The number of halogens is 2. The van der Waals surface area contributed by atoms with Gasteiger partial charge in [0.1, 0.15) is 0 Å². The molecule has 1 N–H and O–H groups in total. The van der Waals surface area contributed by atoms with Crippen molar-refractivity contribution in [1.29, 1.82) is 0 Å². The number of aryl methyl sites for hydroxylation is 1. The average molecular weight is 336 g/mol. The number of rotatable bonds is 3. The second-order valence-corrected chi connectivity index (χ2v) is 6.41. The highest BCUT2D eigenvalue weighted by Crippen LogP contribution is 2.39. The minimum atomic E-state index is -0.101. The van der Waals surface area contributed by atoms with Gasteiger partial charge in [0.05, 0.1) is 27.5 Å². The maximum absolute atomic E-state index is 12.1. The first-order valence-electron chi connectivity index (χ1n) is 7.08. The maximum Gasteiger partial charge on any atom is 0.253 e. The fourth-order valence-corrected chi connectivity index (χ4v) is 2.95. The molecule has 0 aliphatic heterocycles. The Labute approximate surface area is 138 Å². The van der Waals surface area contributed by atoms with Crippen molar-refractivity contribution in [2.24, 2.45) is 0 Å². The third-order valence-electron chi connectivity index (χ3n) is 3.93. The van der Waals surface area contributed by atoms with Crippen LogP contribution in [0.2, 0.25) is 10.0 Å². The minimum Gasteiger partial charge on any atom is -0.349 e. The van der Waals surface area contributed by atoms with Gasteiger partial charge in [-0.1, -0.05) is 29.3 Å². The van der Waals surface area contributed by atoms with Gasteiger partial charge in [-0.05, 0) is 49.4 Å². The summed E-state index contributed by atoms with van der Waals surface area (Å²) in [4.78, 5) is 12.1. The highest BCUT2D eigenvalue weighted by Gasteiger charge is 2.31. The molecule has 0 unspecified atom stereocenters. The van der Waals surface area contributed by atoms with Gasteiger partial charge in [-0.25, -0.2) is 0 Å². The van der Waals surface area contributed by atoms with Crippen LogP contribution in [-0.4, -0.2) is 22.1 Å². The normalized spacial score (nSPS) is 20.3. The zero-order valence-corrected chi connectivity index (χ0v) is 13.5. The van der Waals surface area contributed by atoms with Crippen LogP contribution in [0.4, 0.5) is 0 Å². The Morgan fingerprint density at radius 3 is 2.68 bits per heavy atom. The Balaban J connectivity index is 1.57. The van der Waals surface area contributed by atoms with Gasteiger partial charge >= 0.3 is 0 Å². The smallest absolute Gasteiger partial charge is 0.253 e. The van der Waals surface area contributed by atoms with E-state index in [1.54, 1.807) is 6.07 Å². The van der Waals surface area contributed by atoms with Crippen molar-refractivity contribution in [2.45, 2.75) is 31.7 Å². The highest BCUT2D eigenvalue weighted by atomic mass is 35.5. The third-order valence-corrected chi connectivity index (χ3v) is 4.67. The molecule has 0 spiro atoms. The van der Waals surface area contributed by atoms with Gasteiger partial charge in [-0.2, -0.15) is 10.2 Å². The number of carbonyl (C=O) groups excluding carboxylic acids is 1. The average Bonchev–Trinajstić information content (AvgIpc) is 2.45. The first kappa shape index (κ1) is 15.3. The summed E-state index contributed by atoms with van der Waals surface area (Å²) in [7, 11) is 0. The minimum absolute atomic E-state index is 0.101. The van der Waals surface area contributed by atoms with Gasteiger partial charge in [0.2, 0.25) is 0 Å². The molecule has 114 valence electrons. The molecule has 1 aliphatic rings. The maximum atomic E-state index is 12.1. The number of aromatic nitrogens is 2. The Morgan fingerprint density at radius 2 is 2.00 bits per heavy atom. The number of amides is 1. The van der Waals surface area contributed by atoms with E-state index in [2.05, 4.69) is 15.5 Å². The van der Waals surface area contributed by atoms with Crippen molar-refractivity contribution in [1.82, 2.24) is 15.5 Å². The van der Waals surface area contributed by atoms with Gasteiger partial charge in [-0.15, -0.1) is 0 Å². The lowest BCUT2D eigenvalue weighted by Crippen LogP contribution is -2.43. The van der Waals surface area contributed by atoms with Gasteiger partial charge in [0.15, 0.2) is 0 Å². The number of hydrogen-bond acceptors (Lipinski definition) is 3. The van der Waals surface area contributed by atoms with E-state index in [1.807, 2.05) is 25.1 Å². The van der Waals surface area contributed by atoms with Crippen molar-refractivity contribution >= 4 is 29.1 Å². The van der Waals surface area contributed by atoms with Crippen LogP contribution in [0.3, 0.4) is 0 Å². The van der Waals surface area contributed by atoms with Crippen molar-refractivity contribution in [3.63, 3.8) is 0 Å². The van der Waals surface area contributed by atoms with E-state index in [1.165, 1.54) is 11.8 Å². The monoisotopic (exact) mass is 335 g/mol. The zero-order valence-electron chi connectivity index (χ0n) is 12.0. The van der Waals surface area contributed by atoms with Crippen LogP contribution in [0.25, 0.3) is 0 Å². The Morgan fingerprint density at radius 1 is 1.23 bits per heavy atom. The molecule has 0 atom stereocenters. The lowest BCUT2D eigenvalue weighted by atomic mass is 9.76. The molecule has 1 saturated carbocycles. The standard InChI is InChI=1S/C16H15Cl2N3O/c1-9-4-12(8-19-21-9)16(22)20-13-5-11(6-13)10-2-3-14(17)15(18)7-10/h2-4,7-8,11,13H,5-6H2,1H3,(H,20,22). The molecule has 4 nitrogen and oxygen atoms in total. The molecular weight excluding hydrogens is 321 g/mol. The van der Waals surface area contributed by atoms with Crippen LogP contribution >= 0.6 is 23.2 Å². The predicted octanol–water partition coefficient (Wildman–Crippen LogP) is 3.77. The molecule has 0 radical (unpaired) electrons. The second-order valence-electron chi connectivity index (χ2n) is 5.60. The van der Waals surface area contributed by atoms with E-state index < -0.39 is 0 Å². The predicted molar refractivity (Wildman–Crippen MR) is 86.5 cm³/mol. The molecule has 3 rings (SSSR count). The van der Waals surface area contributed by atoms with Crippen molar-refractivity contribution < 1.29 is 4.79 Å². The molecule has 1 aliphatic carbocycles. The van der Waals surface area contributed by atoms with Gasteiger partial charge in [0, 0.05) is 6.04 Å². The molecule has 1 aromatic heterocycles. The Hall–Kier alpha value is -1.65. The Bertz CT molecular complexity index is 714. The van der Waals surface area contributed by atoms with E-state index in [4.69, 9.17) is 23.2 Å². The van der Waals surface area contributed by atoms with Crippen molar-refractivity contribution in [2.75, 3.05) is 0 Å². The van der Waals surface area contributed by atoms with Gasteiger partial charge in [-0.3, -0.25) is 4.79 Å². The molecule has 0 saturated heterocycles. The van der Waals surface area contributed by atoms with E-state index >= 15 is 0 Å². The largest absolute Gasteiger partial charge is 0.349 e. The zero-order chi connectivity index (χ0) is 15.7. The van der Waals surface area contributed by atoms with Gasteiger partial charge < -0.3 is 5.32 Å². The summed E-state index contributed by atoms with van der Waals surface area (Å²) in [5.41, 5.74) is 2.45. The van der Waals surface area contributed by atoms with Crippen LogP contribution in [0.1, 0.15) is 40.4 Å². The van der Waals surface area contributed by atoms with Crippen LogP contribution in [0, 0.1) is 6.92 Å². The van der Waals surface area contributed by atoms with Gasteiger partial charge in [0.25, 0.3) is 5.91 Å². The van der Waals surface area contributed by atoms with E-state index in [9.17, 15) is 4.79 Å². The first-order valence-corrected chi connectivity index (χ1v) is 7.83. The first-order chi connectivity index (χ1) is 10.5. The number of hydrogen-bond donors (Lipinski definition) is 1. The third kappa shape index (κ3) is 3.23. The van der Waals surface area contributed by atoms with Crippen LogP contribution in [-0.2, 0) is 0 Å². The number of benzene rings is 1. The topological polar surface area (TPSA) is 54.9 Å². The highest BCUT2D eigenvalue weighted by molar-refractivity contribution is 6.42. The summed E-state index contributed by atoms with van der Waals surface area (Å²) in [6.07, 6.45) is 3.29. The molecule has 2 aromatic rings. The molecule has 0 bridgehead atoms. The summed E-state index contributed by atoms with van der Waals surface area (Å²) < 4.78 is 0. The molecule has 1 heterocycles. The summed E-state index contributed by atoms with van der Waals surface area (Å²) >= 11 is 12.0. The number of carbonyl (C=O) groups is 1. The molecule has 1 amide bonds. The van der Waals surface area contributed by atoms with E-state index in [0.29, 0.717) is 21.5 Å². The lowest BCUT2D eigenvalue weighted by Gasteiger charge is -2.36. The van der Waals surface area contributed by atoms with Crippen LogP contribution < -0.4 is 5.32 Å². The Kier molecular flexibility index (Phi) is 4.32. The van der Waals surface area contributed by atoms with Crippen LogP contribution in [0.5, 0.6) is 0 Å². The summed E-state index contributed by atoms with van der Waals surface area (Å²) in [6.45, 7) is 1.81. The molecule has 1 fully saturated rings. The summed E-state index contributed by atoms with van der Waals surface area (Å²) in [6, 6.07) is 7.63. The molecule has 1 aromatic carbocycles. The lowest BCUT2D eigenvalue weighted by molar-refractivity contribution is 0.0908. The van der Waals surface area contributed by atoms with E-state index in [-0.39, 0.29) is 11.9 Å².